The van der Waals surface area contributed by atoms with Gasteiger partial charge >= 0.3 is 6.03 Å². The Morgan fingerprint density at radius 3 is 2.06 bits per heavy atom. The minimum atomic E-state index is -1.09. The highest BCUT2D eigenvalue weighted by atomic mass is 16.5. The van der Waals surface area contributed by atoms with Crippen molar-refractivity contribution in [2.75, 3.05) is 13.6 Å². The number of amides is 4. The molecule has 1 heterocycles. The van der Waals surface area contributed by atoms with E-state index in [9.17, 15) is 14.4 Å². The Morgan fingerprint density at radius 2 is 1.53 bits per heavy atom. The second kappa shape index (κ2) is 12.9. The van der Waals surface area contributed by atoms with Crippen LogP contribution in [-0.2, 0) is 9.59 Å². The van der Waals surface area contributed by atoms with Crippen LogP contribution in [0.25, 0.3) is 0 Å². The van der Waals surface area contributed by atoms with E-state index in [-0.39, 0.29) is 12.0 Å². The fourth-order valence-corrected chi connectivity index (χ4v) is 4.11. The van der Waals surface area contributed by atoms with Gasteiger partial charge in [-0.3, -0.25) is 20.2 Å². The van der Waals surface area contributed by atoms with E-state index in [0.717, 1.165) is 18.7 Å². The van der Waals surface area contributed by atoms with Crippen LogP contribution in [0.4, 0.5) is 4.79 Å². The Bertz CT molecular complexity index is 941. The molecule has 2 aromatic carbocycles. The van der Waals surface area contributed by atoms with Crippen molar-refractivity contribution >= 4 is 17.8 Å². The summed E-state index contributed by atoms with van der Waals surface area (Å²) >= 11 is 0. The molecule has 0 aromatic heterocycles. The van der Waals surface area contributed by atoms with Crippen molar-refractivity contribution in [2.24, 2.45) is 11.3 Å². The average molecular weight is 468 g/mol. The molecule has 1 aliphatic rings. The van der Waals surface area contributed by atoms with Crippen LogP contribution in [-0.4, -0.2) is 31.4 Å². The Hall–Kier alpha value is -3.19. The van der Waals surface area contributed by atoms with E-state index in [1.807, 2.05) is 45.2 Å². The molecule has 2 atom stereocenters. The molecule has 7 heteroatoms. The zero-order chi connectivity index (χ0) is 25.1. The molecule has 0 saturated carbocycles. The van der Waals surface area contributed by atoms with Gasteiger partial charge in [0.2, 0.25) is 11.8 Å². The van der Waals surface area contributed by atoms with Crippen molar-refractivity contribution in [1.82, 2.24) is 16.0 Å². The number of hydrogen-bond acceptors (Lipinski definition) is 5. The predicted molar refractivity (Wildman–Crippen MR) is 133 cm³/mol. The van der Waals surface area contributed by atoms with Gasteiger partial charge in [0.25, 0.3) is 0 Å². The van der Waals surface area contributed by atoms with Crippen LogP contribution in [0.3, 0.4) is 0 Å². The smallest absolute Gasteiger partial charge is 0.328 e. The summed E-state index contributed by atoms with van der Waals surface area (Å²) in [6.45, 7) is 8.56. The Labute approximate surface area is 202 Å². The number of hydrogen-bond donors (Lipinski definition) is 3. The number of carbonyl (C=O) groups excluding carboxylic acids is 3. The predicted octanol–water partition coefficient (Wildman–Crippen LogP) is 4.52. The van der Waals surface area contributed by atoms with Crippen molar-refractivity contribution in [1.29, 1.82) is 0 Å². The van der Waals surface area contributed by atoms with E-state index < -0.39 is 23.3 Å². The van der Waals surface area contributed by atoms with E-state index in [0.29, 0.717) is 12.8 Å². The number of carbonyl (C=O) groups is 3. The molecule has 34 heavy (non-hydrogen) atoms. The van der Waals surface area contributed by atoms with E-state index in [1.54, 1.807) is 6.92 Å². The first-order chi connectivity index (χ1) is 16.3. The molecule has 7 nitrogen and oxygen atoms in total. The standard InChI is InChI=1S/C17H21NO.C10H16N2O3/c1-14-8-6-7-11-16(14)19-17(12-13-18-2)15-9-4-3-5-10-15;1-4-6(3)10(5-2)7(13)11-9(15)12-8(10)14/h3-11,17-18H,12-13H2,1-2H3;6H,4-5H2,1-3H3,(H2,11,12,13,14,15)/t17-;/m1./s1. The molecule has 1 fully saturated rings. The number of benzene rings is 2. The van der Waals surface area contributed by atoms with Gasteiger partial charge in [0.15, 0.2) is 0 Å². The first kappa shape index (κ1) is 27.1. The van der Waals surface area contributed by atoms with E-state index in [4.69, 9.17) is 4.74 Å². The Kier molecular flexibility index (Phi) is 10.3. The molecule has 3 N–H and O–H groups in total. The van der Waals surface area contributed by atoms with Crippen molar-refractivity contribution in [2.45, 2.75) is 53.1 Å². The zero-order valence-electron chi connectivity index (χ0n) is 20.8. The maximum Gasteiger partial charge on any atom is 0.328 e. The maximum absolute atomic E-state index is 11.8. The quantitative estimate of drug-likeness (QED) is 0.471. The summed E-state index contributed by atoms with van der Waals surface area (Å²) in [7, 11) is 1.97. The highest BCUT2D eigenvalue weighted by Crippen LogP contribution is 2.35. The topological polar surface area (TPSA) is 96.5 Å². The van der Waals surface area contributed by atoms with Crippen molar-refractivity contribution in [3.05, 3.63) is 65.7 Å². The molecular formula is C27H37N3O4. The first-order valence-corrected chi connectivity index (χ1v) is 11.9. The van der Waals surface area contributed by atoms with Gasteiger partial charge in [-0.25, -0.2) is 4.79 Å². The van der Waals surface area contributed by atoms with Crippen LogP contribution < -0.4 is 20.7 Å². The number of barbiturate groups is 1. The Morgan fingerprint density at radius 1 is 0.941 bits per heavy atom. The van der Waals surface area contributed by atoms with Gasteiger partial charge in [0.05, 0.1) is 0 Å². The fraction of sp³-hybridized carbons (Fsp3) is 0.444. The summed E-state index contributed by atoms with van der Waals surface area (Å²) in [6.07, 6.45) is 2.15. The number of urea groups is 1. The number of ether oxygens (including phenoxy) is 1. The molecule has 1 aliphatic heterocycles. The third-order valence-electron chi connectivity index (χ3n) is 6.47. The highest BCUT2D eigenvalue weighted by molar-refractivity contribution is 6.19. The molecule has 4 amide bonds. The monoisotopic (exact) mass is 467 g/mol. The van der Waals surface area contributed by atoms with E-state index in [1.165, 1.54) is 11.1 Å². The number of para-hydroxylation sites is 1. The first-order valence-electron chi connectivity index (χ1n) is 11.9. The molecule has 2 aromatic rings. The summed E-state index contributed by atoms with van der Waals surface area (Å²) in [5, 5.41) is 7.50. The maximum atomic E-state index is 11.8. The summed E-state index contributed by atoms with van der Waals surface area (Å²) in [5.74, 6) is -0.0794. The molecule has 3 rings (SSSR count). The Balaban J connectivity index is 0.000000248. The van der Waals surface area contributed by atoms with Gasteiger partial charge in [-0.15, -0.1) is 0 Å². The van der Waals surface area contributed by atoms with Crippen molar-refractivity contribution < 1.29 is 19.1 Å². The average Bonchev–Trinajstić information content (AvgIpc) is 2.83. The lowest BCUT2D eigenvalue weighted by Gasteiger charge is -2.37. The van der Waals surface area contributed by atoms with Crippen molar-refractivity contribution in [3.8, 4) is 5.75 Å². The second-order valence-electron chi connectivity index (χ2n) is 8.55. The van der Waals surface area contributed by atoms with Crippen LogP contribution in [0, 0.1) is 18.3 Å². The molecule has 1 unspecified atom stereocenters. The van der Waals surface area contributed by atoms with E-state index in [2.05, 4.69) is 53.2 Å². The summed E-state index contributed by atoms with van der Waals surface area (Å²) in [6, 6.07) is 17.8. The number of rotatable bonds is 9. The molecule has 0 spiro atoms. The second-order valence-corrected chi connectivity index (χ2v) is 8.55. The molecular weight excluding hydrogens is 430 g/mol. The number of aryl methyl sites for hydroxylation is 1. The van der Waals surface area contributed by atoms with Crippen LogP contribution in [0.1, 0.15) is 57.3 Å². The lowest BCUT2D eigenvalue weighted by atomic mass is 9.70. The van der Waals surface area contributed by atoms with Crippen LogP contribution in [0.5, 0.6) is 5.75 Å². The van der Waals surface area contributed by atoms with Gasteiger partial charge in [-0.1, -0.05) is 75.7 Å². The lowest BCUT2D eigenvalue weighted by Crippen LogP contribution is -2.64. The van der Waals surface area contributed by atoms with Crippen molar-refractivity contribution in [3.63, 3.8) is 0 Å². The SMILES string of the molecule is CCC(C)C1(CC)C(=O)NC(=O)NC1=O.CNCC[C@@H](Oc1ccccc1C)c1ccccc1. The van der Waals surface area contributed by atoms with Gasteiger partial charge in [-0.2, -0.15) is 0 Å². The van der Waals surface area contributed by atoms with Gasteiger partial charge in [0, 0.05) is 6.42 Å². The summed E-state index contributed by atoms with van der Waals surface area (Å²) in [4.78, 5) is 34.5. The van der Waals surface area contributed by atoms with Gasteiger partial charge in [-0.05, 0) is 50.0 Å². The summed E-state index contributed by atoms with van der Waals surface area (Å²) < 4.78 is 6.19. The van der Waals surface area contributed by atoms with E-state index >= 15 is 0 Å². The van der Waals surface area contributed by atoms with Crippen LogP contribution in [0.2, 0.25) is 0 Å². The molecule has 0 aliphatic carbocycles. The lowest BCUT2D eigenvalue weighted by molar-refractivity contribution is -0.148. The van der Waals surface area contributed by atoms with Crippen LogP contribution in [0.15, 0.2) is 54.6 Å². The van der Waals surface area contributed by atoms with Crippen LogP contribution >= 0.6 is 0 Å². The largest absolute Gasteiger partial charge is 0.485 e. The third kappa shape index (κ3) is 6.44. The molecule has 1 saturated heterocycles. The molecule has 0 bridgehead atoms. The third-order valence-corrected chi connectivity index (χ3v) is 6.47. The minimum Gasteiger partial charge on any atom is -0.485 e. The number of nitrogens with one attached hydrogen (secondary N) is 3. The van der Waals surface area contributed by atoms with Gasteiger partial charge < -0.3 is 10.1 Å². The zero-order valence-corrected chi connectivity index (χ0v) is 20.8. The fourth-order valence-electron chi connectivity index (χ4n) is 4.11. The number of imide groups is 2. The highest BCUT2D eigenvalue weighted by Gasteiger charge is 2.51. The summed E-state index contributed by atoms with van der Waals surface area (Å²) in [5.41, 5.74) is 1.30. The normalized spacial score (nSPS) is 16.4. The molecule has 184 valence electrons. The minimum absolute atomic E-state index is 0.0874. The molecule has 0 radical (unpaired) electrons. The van der Waals surface area contributed by atoms with Gasteiger partial charge in [0.1, 0.15) is 17.3 Å².